The first kappa shape index (κ1) is 12.6. The zero-order chi connectivity index (χ0) is 13.0. The highest BCUT2D eigenvalue weighted by molar-refractivity contribution is 7.89. The van der Waals surface area contributed by atoms with E-state index in [0.717, 1.165) is 0 Å². The van der Waals surface area contributed by atoms with E-state index in [9.17, 15) is 8.42 Å². The maximum absolute atomic E-state index is 12.1. The van der Waals surface area contributed by atoms with Gasteiger partial charge in [-0.1, -0.05) is 12.1 Å². The Morgan fingerprint density at radius 2 is 2.17 bits per heavy atom. The minimum absolute atomic E-state index is 0.118. The molecule has 96 valence electrons. The van der Waals surface area contributed by atoms with Crippen LogP contribution in [0.1, 0.15) is 5.69 Å². The summed E-state index contributed by atoms with van der Waals surface area (Å²) in [7, 11) is -2.17. The van der Waals surface area contributed by atoms with Crippen LogP contribution in [0.25, 0.3) is 0 Å². The molecule has 18 heavy (non-hydrogen) atoms. The van der Waals surface area contributed by atoms with Crippen molar-refractivity contribution < 1.29 is 13.2 Å². The van der Waals surface area contributed by atoms with Crippen LogP contribution in [0.4, 0.5) is 0 Å². The van der Waals surface area contributed by atoms with Crippen LogP contribution in [0.15, 0.2) is 41.7 Å². The molecule has 0 radical (unpaired) electrons. The number of H-pyrrole nitrogens is 1. The van der Waals surface area contributed by atoms with Crippen molar-refractivity contribution >= 4 is 10.0 Å². The standard InChI is InChI=1S/C11H13N3O3S/c1-17-10-4-2-3-5-11(10)18(15,16)14-7-9-6-12-8-13-9/h2-6,8,14H,7H2,1H3,(H,12,13). The molecule has 1 heterocycles. The molecule has 6 nitrogen and oxygen atoms in total. The van der Waals surface area contributed by atoms with Crippen LogP contribution in [-0.2, 0) is 16.6 Å². The SMILES string of the molecule is COc1ccccc1S(=O)(=O)NCc1cnc[nH]1. The number of hydrogen-bond donors (Lipinski definition) is 2. The summed E-state index contributed by atoms with van der Waals surface area (Å²) in [5, 5.41) is 0. The second-order valence-corrected chi connectivity index (χ2v) is 5.29. The van der Waals surface area contributed by atoms with Crippen LogP contribution >= 0.6 is 0 Å². The fraction of sp³-hybridized carbons (Fsp3) is 0.182. The third-order valence-corrected chi connectivity index (χ3v) is 3.81. The average molecular weight is 267 g/mol. The molecular weight excluding hydrogens is 254 g/mol. The van der Waals surface area contributed by atoms with Crippen molar-refractivity contribution in [2.24, 2.45) is 0 Å². The van der Waals surface area contributed by atoms with E-state index in [1.807, 2.05) is 0 Å². The summed E-state index contributed by atoms with van der Waals surface area (Å²) >= 11 is 0. The lowest BCUT2D eigenvalue weighted by atomic mass is 10.3. The Labute approximate surface area is 105 Å². The van der Waals surface area contributed by atoms with E-state index >= 15 is 0 Å². The second kappa shape index (κ2) is 5.19. The van der Waals surface area contributed by atoms with Gasteiger partial charge in [-0.3, -0.25) is 0 Å². The lowest BCUT2D eigenvalue weighted by Gasteiger charge is -2.09. The van der Waals surface area contributed by atoms with Gasteiger partial charge < -0.3 is 9.72 Å². The number of imidazole rings is 1. The van der Waals surface area contributed by atoms with Crippen LogP contribution in [-0.4, -0.2) is 25.5 Å². The third-order valence-electron chi connectivity index (χ3n) is 2.37. The van der Waals surface area contributed by atoms with Crippen molar-refractivity contribution in [1.82, 2.24) is 14.7 Å². The first-order valence-electron chi connectivity index (χ1n) is 5.23. The summed E-state index contributed by atoms with van der Waals surface area (Å²) in [6.45, 7) is 0.153. The van der Waals surface area contributed by atoms with Gasteiger partial charge in [0.25, 0.3) is 0 Å². The van der Waals surface area contributed by atoms with Gasteiger partial charge in [0.15, 0.2) is 0 Å². The average Bonchev–Trinajstić information content (AvgIpc) is 2.89. The summed E-state index contributed by atoms with van der Waals surface area (Å²) in [5.41, 5.74) is 0.688. The number of benzene rings is 1. The molecule has 0 atom stereocenters. The van der Waals surface area contributed by atoms with Crippen LogP contribution in [0, 0.1) is 0 Å². The molecule has 2 aromatic rings. The molecule has 7 heteroatoms. The van der Waals surface area contributed by atoms with Gasteiger partial charge in [-0.05, 0) is 12.1 Å². The van der Waals surface area contributed by atoms with Crippen LogP contribution in [0.2, 0.25) is 0 Å². The number of sulfonamides is 1. The summed E-state index contributed by atoms with van der Waals surface area (Å²) in [5.74, 6) is 0.314. The summed E-state index contributed by atoms with van der Waals surface area (Å²) in [6.07, 6.45) is 3.05. The minimum atomic E-state index is -3.60. The molecule has 0 aliphatic rings. The lowest BCUT2D eigenvalue weighted by Crippen LogP contribution is -2.23. The Hall–Kier alpha value is -1.86. The fourth-order valence-electron chi connectivity index (χ4n) is 1.47. The smallest absolute Gasteiger partial charge is 0.244 e. The molecule has 0 saturated carbocycles. The van der Waals surface area contributed by atoms with Crippen LogP contribution in [0.3, 0.4) is 0 Å². The summed E-state index contributed by atoms with van der Waals surface area (Å²) < 4.78 is 31.7. The van der Waals surface area contributed by atoms with E-state index < -0.39 is 10.0 Å². The number of hydrogen-bond acceptors (Lipinski definition) is 4. The third kappa shape index (κ3) is 2.69. The Morgan fingerprint density at radius 3 is 2.83 bits per heavy atom. The molecule has 0 unspecified atom stereocenters. The minimum Gasteiger partial charge on any atom is -0.495 e. The largest absolute Gasteiger partial charge is 0.495 e. The molecule has 0 aliphatic heterocycles. The van der Waals surface area contributed by atoms with E-state index in [2.05, 4.69) is 14.7 Å². The molecule has 0 aliphatic carbocycles. The van der Waals surface area contributed by atoms with Gasteiger partial charge in [0.1, 0.15) is 10.6 Å². The first-order chi connectivity index (χ1) is 8.63. The van der Waals surface area contributed by atoms with E-state index in [-0.39, 0.29) is 11.4 Å². The quantitative estimate of drug-likeness (QED) is 0.843. The highest BCUT2D eigenvalue weighted by atomic mass is 32.2. The van der Waals surface area contributed by atoms with E-state index in [1.54, 1.807) is 24.4 Å². The number of para-hydroxylation sites is 1. The van der Waals surface area contributed by atoms with Crippen molar-refractivity contribution in [3.05, 3.63) is 42.5 Å². The highest BCUT2D eigenvalue weighted by Crippen LogP contribution is 2.22. The molecule has 0 saturated heterocycles. The van der Waals surface area contributed by atoms with E-state index in [4.69, 9.17) is 4.74 Å². The fourth-order valence-corrected chi connectivity index (χ4v) is 2.65. The van der Waals surface area contributed by atoms with Crippen LogP contribution < -0.4 is 9.46 Å². The molecule has 2 rings (SSSR count). The number of nitrogens with zero attached hydrogens (tertiary/aromatic N) is 1. The summed E-state index contributed by atoms with van der Waals surface area (Å²) in [6, 6.07) is 6.46. The summed E-state index contributed by atoms with van der Waals surface area (Å²) in [4.78, 5) is 6.75. The first-order valence-corrected chi connectivity index (χ1v) is 6.72. The van der Waals surface area contributed by atoms with Crippen molar-refractivity contribution in [1.29, 1.82) is 0 Å². The van der Waals surface area contributed by atoms with Crippen molar-refractivity contribution in [2.45, 2.75) is 11.4 Å². The van der Waals surface area contributed by atoms with Crippen molar-refractivity contribution in [3.8, 4) is 5.75 Å². The molecule has 0 fully saturated rings. The highest BCUT2D eigenvalue weighted by Gasteiger charge is 2.18. The number of aromatic nitrogens is 2. The van der Waals surface area contributed by atoms with E-state index in [1.165, 1.54) is 19.5 Å². The Kier molecular flexibility index (Phi) is 3.63. The number of methoxy groups -OCH3 is 1. The van der Waals surface area contributed by atoms with Crippen molar-refractivity contribution in [2.75, 3.05) is 7.11 Å². The molecule has 1 aromatic carbocycles. The topological polar surface area (TPSA) is 84.1 Å². The Morgan fingerprint density at radius 1 is 1.39 bits per heavy atom. The predicted molar refractivity (Wildman–Crippen MR) is 65.6 cm³/mol. The van der Waals surface area contributed by atoms with Crippen molar-refractivity contribution in [3.63, 3.8) is 0 Å². The van der Waals surface area contributed by atoms with Crippen LogP contribution in [0.5, 0.6) is 5.75 Å². The van der Waals surface area contributed by atoms with Gasteiger partial charge in [-0.2, -0.15) is 0 Å². The maximum Gasteiger partial charge on any atom is 0.244 e. The Bertz CT molecular complexity index is 608. The maximum atomic E-state index is 12.1. The van der Waals surface area contributed by atoms with Gasteiger partial charge in [-0.25, -0.2) is 18.1 Å². The van der Waals surface area contributed by atoms with Gasteiger partial charge in [0.05, 0.1) is 20.0 Å². The van der Waals surface area contributed by atoms with Gasteiger partial charge in [-0.15, -0.1) is 0 Å². The molecule has 0 spiro atoms. The zero-order valence-electron chi connectivity index (χ0n) is 9.75. The number of ether oxygens (including phenoxy) is 1. The molecule has 0 amide bonds. The monoisotopic (exact) mass is 267 g/mol. The zero-order valence-corrected chi connectivity index (χ0v) is 10.6. The lowest BCUT2D eigenvalue weighted by molar-refractivity contribution is 0.402. The molecule has 1 aromatic heterocycles. The predicted octanol–water partition coefficient (Wildman–Crippen LogP) is 0.897. The molecule has 2 N–H and O–H groups in total. The van der Waals surface area contributed by atoms with E-state index in [0.29, 0.717) is 11.4 Å². The number of rotatable bonds is 5. The number of nitrogens with one attached hydrogen (secondary N) is 2. The molecular formula is C11H13N3O3S. The number of aromatic amines is 1. The normalized spacial score (nSPS) is 11.4. The van der Waals surface area contributed by atoms with Gasteiger partial charge in [0.2, 0.25) is 10.0 Å². The van der Waals surface area contributed by atoms with Gasteiger partial charge >= 0.3 is 0 Å². The Balaban J connectivity index is 2.20. The molecule has 0 bridgehead atoms. The van der Waals surface area contributed by atoms with Gasteiger partial charge in [0, 0.05) is 11.9 Å². The second-order valence-electron chi connectivity index (χ2n) is 3.55.